The van der Waals surface area contributed by atoms with Crippen molar-refractivity contribution in [1.29, 1.82) is 0 Å². The van der Waals surface area contributed by atoms with Crippen LogP contribution in [0.5, 0.6) is 0 Å². The van der Waals surface area contributed by atoms with E-state index in [0.717, 1.165) is 50.3 Å². The van der Waals surface area contributed by atoms with E-state index in [-0.39, 0.29) is 17.4 Å². The first-order valence-electron chi connectivity index (χ1n) is 7.34. The number of aromatic nitrogens is 2. The molecule has 122 valence electrons. The van der Waals surface area contributed by atoms with Gasteiger partial charge < -0.3 is 4.90 Å². The summed E-state index contributed by atoms with van der Waals surface area (Å²) in [6.45, 7) is 3.25. The Morgan fingerprint density at radius 3 is 2.50 bits per heavy atom. The molecule has 2 aliphatic rings. The van der Waals surface area contributed by atoms with Crippen LogP contribution in [0.4, 0.5) is 0 Å². The number of carbonyl (C=O) groups is 1. The Kier molecular flexibility index (Phi) is 3.98. The van der Waals surface area contributed by atoms with Gasteiger partial charge in [0.1, 0.15) is 4.88 Å². The minimum Gasteiger partial charge on any atom is -0.338 e. The quantitative estimate of drug-likeness (QED) is 0.875. The lowest BCUT2D eigenvalue weighted by atomic mass is 9.60. The summed E-state index contributed by atoms with van der Waals surface area (Å²) in [6.07, 6.45) is 4.83. The van der Waals surface area contributed by atoms with Gasteiger partial charge in [-0.1, -0.05) is 4.49 Å². The first-order valence-corrected chi connectivity index (χ1v) is 10.0. The monoisotopic (exact) mass is 344 g/mol. The van der Waals surface area contributed by atoms with E-state index in [1.807, 2.05) is 4.90 Å². The van der Waals surface area contributed by atoms with Gasteiger partial charge in [0.05, 0.1) is 11.9 Å². The van der Waals surface area contributed by atoms with Crippen molar-refractivity contribution in [3.63, 3.8) is 0 Å². The van der Waals surface area contributed by atoms with Gasteiger partial charge in [0.25, 0.3) is 5.91 Å². The number of likely N-dealkylation sites (tertiary alicyclic amines) is 1. The van der Waals surface area contributed by atoms with E-state index in [1.54, 1.807) is 6.92 Å². The third kappa shape index (κ3) is 3.16. The van der Waals surface area contributed by atoms with Crippen LogP contribution >= 0.6 is 11.5 Å². The van der Waals surface area contributed by atoms with Gasteiger partial charge in [-0.15, -0.1) is 5.10 Å². The highest BCUT2D eigenvalue weighted by Crippen LogP contribution is 2.49. The number of rotatable bonds is 3. The number of hydrogen-bond donors (Lipinski definition) is 1. The molecule has 2 heterocycles. The standard InChI is InChI=1S/C13H20N4O3S2/c1-9-11(21-16-14-9)12(18)17-5-3-13(4-6-17)7-10(8-13)15-22(2,19)20/h10,15H,3-8H2,1-2H3. The van der Waals surface area contributed by atoms with Crippen molar-refractivity contribution >= 4 is 27.5 Å². The number of nitrogens with one attached hydrogen (secondary N) is 1. The minimum absolute atomic E-state index is 0.0208. The SMILES string of the molecule is Cc1nnsc1C(=O)N1CCC2(CC1)CC(NS(C)(=O)=O)C2. The number of amides is 1. The van der Waals surface area contributed by atoms with Crippen molar-refractivity contribution in [2.75, 3.05) is 19.3 Å². The van der Waals surface area contributed by atoms with Gasteiger partial charge >= 0.3 is 0 Å². The van der Waals surface area contributed by atoms with Crippen molar-refractivity contribution in [3.05, 3.63) is 10.6 Å². The van der Waals surface area contributed by atoms with Crippen molar-refractivity contribution < 1.29 is 13.2 Å². The van der Waals surface area contributed by atoms with Crippen LogP contribution in [-0.2, 0) is 10.0 Å². The number of sulfonamides is 1. The van der Waals surface area contributed by atoms with Gasteiger partial charge in [-0.05, 0) is 49.6 Å². The largest absolute Gasteiger partial charge is 0.338 e. The van der Waals surface area contributed by atoms with Crippen LogP contribution in [0, 0.1) is 12.3 Å². The second-order valence-corrected chi connectivity index (χ2v) is 9.01. The molecule has 3 rings (SSSR count). The van der Waals surface area contributed by atoms with Crippen LogP contribution in [0.25, 0.3) is 0 Å². The fourth-order valence-corrected chi connectivity index (χ4v) is 4.93. The molecule has 1 amide bonds. The lowest BCUT2D eigenvalue weighted by molar-refractivity contribution is 0.0140. The molecule has 9 heteroatoms. The molecular weight excluding hydrogens is 324 g/mol. The highest BCUT2D eigenvalue weighted by atomic mass is 32.2. The van der Waals surface area contributed by atoms with Gasteiger partial charge in [-0.2, -0.15) is 0 Å². The topological polar surface area (TPSA) is 92.3 Å². The van der Waals surface area contributed by atoms with Gasteiger partial charge in [-0.25, -0.2) is 13.1 Å². The maximum Gasteiger partial charge on any atom is 0.267 e. The van der Waals surface area contributed by atoms with E-state index in [0.29, 0.717) is 10.6 Å². The summed E-state index contributed by atoms with van der Waals surface area (Å²) in [5, 5.41) is 3.89. The average molecular weight is 344 g/mol. The molecule has 1 spiro atoms. The van der Waals surface area contributed by atoms with Crippen LogP contribution < -0.4 is 4.72 Å². The minimum atomic E-state index is -3.13. The summed E-state index contributed by atoms with van der Waals surface area (Å²) in [6, 6.07) is 0.0604. The molecular formula is C13H20N4O3S2. The summed E-state index contributed by atoms with van der Waals surface area (Å²) in [7, 11) is -3.13. The van der Waals surface area contributed by atoms with Crippen LogP contribution in [-0.4, -0.2) is 54.2 Å². The van der Waals surface area contributed by atoms with Gasteiger partial charge in [0.15, 0.2) is 0 Å². The lowest BCUT2D eigenvalue weighted by Gasteiger charge is -2.52. The molecule has 0 unspecified atom stereocenters. The van der Waals surface area contributed by atoms with E-state index in [1.165, 1.54) is 6.26 Å². The molecule has 22 heavy (non-hydrogen) atoms. The zero-order chi connectivity index (χ0) is 16.0. The molecule has 2 fully saturated rings. The maximum absolute atomic E-state index is 12.4. The second-order valence-electron chi connectivity index (χ2n) is 6.47. The highest BCUT2D eigenvalue weighted by molar-refractivity contribution is 7.88. The van der Waals surface area contributed by atoms with E-state index in [4.69, 9.17) is 0 Å². The molecule has 1 N–H and O–H groups in total. The van der Waals surface area contributed by atoms with Crippen molar-refractivity contribution in [3.8, 4) is 0 Å². The summed E-state index contributed by atoms with van der Waals surface area (Å²) in [5.74, 6) is 0.0208. The number of piperidine rings is 1. The fourth-order valence-electron chi connectivity index (χ4n) is 3.54. The predicted molar refractivity (Wildman–Crippen MR) is 83.2 cm³/mol. The van der Waals surface area contributed by atoms with Gasteiger partial charge in [-0.3, -0.25) is 4.79 Å². The van der Waals surface area contributed by atoms with Crippen molar-refractivity contribution in [2.45, 2.75) is 38.6 Å². The molecule has 1 aliphatic heterocycles. The Bertz CT molecular complexity index is 669. The van der Waals surface area contributed by atoms with E-state index in [9.17, 15) is 13.2 Å². The van der Waals surface area contributed by atoms with Crippen LogP contribution in [0.15, 0.2) is 0 Å². The van der Waals surface area contributed by atoms with E-state index >= 15 is 0 Å². The lowest BCUT2D eigenvalue weighted by Crippen LogP contribution is -2.55. The molecule has 1 aromatic heterocycles. The normalized spacial score (nSPS) is 21.8. The predicted octanol–water partition coefficient (Wildman–Crippen LogP) is 0.781. The summed E-state index contributed by atoms with van der Waals surface area (Å²) in [4.78, 5) is 14.9. The Hall–Kier alpha value is -1.06. The second kappa shape index (κ2) is 5.54. The van der Waals surface area contributed by atoms with Crippen LogP contribution in [0.3, 0.4) is 0 Å². The Balaban J connectivity index is 1.54. The van der Waals surface area contributed by atoms with Crippen molar-refractivity contribution in [1.82, 2.24) is 19.2 Å². The molecule has 0 radical (unpaired) electrons. The fraction of sp³-hybridized carbons (Fsp3) is 0.769. The number of carbonyl (C=O) groups excluding carboxylic acids is 1. The highest BCUT2D eigenvalue weighted by Gasteiger charge is 2.47. The Morgan fingerprint density at radius 1 is 1.36 bits per heavy atom. The zero-order valence-corrected chi connectivity index (χ0v) is 14.3. The number of nitrogens with zero attached hydrogens (tertiary/aromatic N) is 3. The molecule has 1 aromatic rings. The average Bonchev–Trinajstić information content (AvgIpc) is 2.81. The van der Waals surface area contributed by atoms with E-state index in [2.05, 4.69) is 14.3 Å². The molecule has 1 saturated heterocycles. The zero-order valence-electron chi connectivity index (χ0n) is 12.7. The van der Waals surface area contributed by atoms with E-state index < -0.39 is 10.0 Å². The molecule has 1 aliphatic carbocycles. The van der Waals surface area contributed by atoms with Crippen LogP contribution in [0.1, 0.15) is 41.0 Å². The maximum atomic E-state index is 12.4. The van der Waals surface area contributed by atoms with Gasteiger partial charge in [0, 0.05) is 19.1 Å². The number of aryl methyl sites for hydroxylation is 1. The molecule has 0 aromatic carbocycles. The summed E-state index contributed by atoms with van der Waals surface area (Å²) >= 11 is 1.15. The first kappa shape index (κ1) is 15.8. The first-order chi connectivity index (χ1) is 10.3. The van der Waals surface area contributed by atoms with Crippen LogP contribution in [0.2, 0.25) is 0 Å². The van der Waals surface area contributed by atoms with Gasteiger partial charge in [0.2, 0.25) is 10.0 Å². The number of hydrogen-bond acceptors (Lipinski definition) is 6. The molecule has 1 saturated carbocycles. The third-order valence-corrected chi connectivity index (χ3v) is 6.27. The molecule has 0 bridgehead atoms. The Morgan fingerprint density at radius 2 is 2.00 bits per heavy atom. The summed E-state index contributed by atoms with van der Waals surface area (Å²) < 4.78 is 29.0. The Labute approximate surface area is 134 Å². The third-order valence-electron chi connectivity index (χ3n) is 4.70. The smallest absolute Gasteiger partial charge is 0.267 e. The molecule has 0 atom stereocenters. The summed E-state index contributed by atoms with van der Waals surface area (Å²) in [5.41, 5.74) is 0.900. The molecule has 7 nitrogen and oxygen atoms in total. The van der Waals surface area contributed by atoms with Crippen molar-refractivity contribution in [2.24, 2.45) is 5.41 Å².